The van der Waals surface area contributed by atoms with Crippen LogP contribution >= 0.6 is 0 Å². The molecule has 1 N–H and O–H groups in total. The molecule has 0 aromatic carbocycles. The van der Waals surface area contributed by atoms with Crippen LogP contribution in [0.1, 0.15) is 1.43 Å². The molecular formula is C5H6NNaO3S. The second-order valence-corrected chi connectivity index (χ2v) is 3.01. The van der Waals surface area contributed by atoms with E-state index in [2.05, 4.69) is 4.98 Å². The Hall–Kier alpha value is 0.0600. The van der Waals surface area contributed by atoms with Crippen molar-refractivity contribution < 1.29 is 44.0 Å². The van der Waals surface area contributed by atoms with Gasteiger partial charge in [-0.15, -0.1) is 0 Å². The summed E-state index contributed by atoms with van der Waals surface area (Å²) < 4.78 is 29.1. The average molecular weight is 183 g/mol. The maximum Gasteiger partial charge on any atom is 1.00 e. The standard InChI is InChI=1S/C5H5NO3S.Na.H/c7-10(8,9)5-3-1-2-4-6-5;;/h1-4H,(H,7,8,9);;/q;+1;-1. The summed E-state index contributed by atoms with van der Waals surface area (Å²) in [6, 6.07) is 4.26. The van der Waals surface area contributed by atoms with Crippen molar-refractivity contribution in [1.82, 2.24) is 4.98 Å². The quantitative estimate of drug-likeness (QED) is 0.384. The first-order valence-electron chi connectivity index (χ1n) is 2.49. The summed E-state index contributed by atoms with van der Waals surface area (Å²) >= 11 is 0. The first kappa shape index (κ1) is 11.1. The molecule has 0 saturated heterocycles. The molecule has 0 bridgehead atoms. The fourth-order valence-corrected chi connectivity index (χ4v) is 0.944. The van der Waals surface area contributed by atoms with E-state index >= 15 is 0 Å². The zero-order chi connectivity index (χ0) is 7.61. The summed E-state index contributed by atoms with van der Waals surface area (Å²) in [6.07, 6.45) is 1.29. The van der Waals surface area contributed by atoms with Gasteiger partial charge in [-0.25, -0.2) is 4.98 Å². The van der Waals surface area contributed by atoms with Crippen LogP contribution in [0.25, 0.3) is 0 Å². The monoisotopic (exact) mass is 183 g/mol. The number of pyridine rings is 1. The summed E-state index contributed by atoms with van der Waals surface area (Å²) in [4.78, 5) is 3.41. The van der Waals surface area contributed by atoms with E-state index in [9.17, 15) is 8.42 Å². The summed E-state index contributed by atoms with van der Waals surface area (Å²) in [6.45, 7) is 0. The number of hydrogen-bond donors (Lipinski definition) is 1. The third-order valence-corrected chi connectivity index (χ3v) is 1.67. The van der Waals surface area contributed by atoms with Crippen LogP contribution in [0.15, 0.2) is 29.4 Å². The van der Waals surface area contributed by atoms with Gasteiger partial charge in [-0.3, -0.25) is 4.55 Å². The van der Waals surface area contributed by atoms with E-state index in [0.717, 1.165) is 0 Å². The van der Waals surface area contributed by atoms with Crippen LogP contribution in [-0.4, -0.2) is 18.0 Å². The maximum atomic E-state index is 10.3. The van der Waals surface area contributed by atoms with E-state index < -0.39 is 10.1 Å². The molecule has 1 rings (SSSR count). The second kappa shape index (κ2) is 4.18. The average Bonchev–Trinajstić information content (AvgIpc) is 1.88. The van der Waals surface area contributed by atoms with Crippen LogP contribution in [0.4, 0.5) is 0 Å². The maximum absolute atomic E-state index is 10.3. The largest absolute Gasteiger partial charge is 1.00 e. The van der Waals surface area contributed by atoms with Crippen LogP contribution in [0.3, 0.4) is 0 Å². The minimum Gasteiger partial charge on any atom is -1.00 e. The third kappa shape index (κ3) is 3.31. The van der Waals surface area contributed by atoms with Gasteiger partial charge >= 0.3 is 39.7 Å². The van der Waals surface area contributed by atoms with Crippen molar-refractivity contribution in [2.75, 3.05) is 0 Å². The topological polar surface area (TPSA) is 67.3 Å². The molecule has 0 amide bonds. The second-order valence-electron chi connectivity index (χ2n) is 1.64. The molecule has 0 aliphatic heterocycles. The zero-order valence-electron chi connectivity index (χ0n) is 6.93. The summed E-state index contributed by atoms with van der Waals surface area (Å²) in [5, 5.41) is -0.324. The van der Waals surface area contributed by atoms with Gasteiger partial charge in [-0.05, 0) is 12.1 Å². The van der Waals surface area contributed by atoms with Crippen molar-refractivity contribution >= 4 is 10.1 Å². The Morgan fingerprint density at radius 2 is 2.09 bits per heavy atom. The SMILES string of the molecule is O=S(=O)(O)c1ccccn1.[H-].[Na+]. The van der Waals surface area contributed by atoms with Gasteiger partial charge in [-0.2, -0.15) is 8.42 Å². The van der Waals surface area contributed by atoms with Gasteiger partial charge in [0.2, 0.25) is 0 Å². The van der Waals surface area contributed by atoms with E-state index in [-0.39, 0.29) is 36.0 Å². The van der Waals surface area contributed by atoms with E-state index in [0.29, 0.717) is 0 Å². The fraction of sp³-hybridized carbons (Fsp3) is 0. The number of rotatable bonds is 1. The Morgan fingerprint density at radius 1 is 1.45 bits per heavy atom. The van der Waals surface area contributed by atoms with Crippen LogP contribution in [0.2, 0.25) is 0 Å². The summed E-state index contributed by atoms with van der Waals surface area (Å²) in [5.41, 5.74) is 0. The Labute approximate surface area is 88.2 Å². The Kier molecular flexibility index (Phi) is 4.20. The number of nitrogens with zero attached hydrogens (tertiary/aromatic N) is 1. The molecule has 1 aromatic heterocycles. The number of hydrogen-bond acceptors (Lipinski definition) is 3. The molecule has 6 heteroatoms. The molecular weight excluding hydrogens is 177 g/mol. The van der Waals surface area contributed by atoms with Crippen LogP contribution < -0.4 is 29.6 Å². The van der Waals surface area contributed by atoms with Crippen LogP contribution in [0.5, 0.6) is 0 Å². The number of aromatic nitrogens is 1. The van der Waals surface area contributed by atoms with Crippen molar-refractivity contribution in [2.45, 2.75) is 5.03 Å². The van der Waals surface area contributed by atoms with Crippen LogP contribution in [0, 0.1) is 0 Å². The predicted molar refractivity (Wildman–Crippen MR) is 35.2 cm³/mol. The van der Waals surface area contributed by atoms with E-state index in [1.165, 1.54) is 18.3 Å². The molecule has 0 radical (unpaired) electrons. The van der Waals surface area contributed by atoms with E-state index in [1.807, 2.05) is 0 Å². The minimum atomic E-state index is -4.11. The van der Waals surface area contributed by atoms with E-state index in [4.69, 9.17) is 4.55 Å². The van der Waals surface area contributed by atoms with Crippen molar-refractivity contribution in [3.05, 3.63) is 24.4 Å². The molecule has 4 nitrogen and oxygen atoms in total. The zero-order valence-corrected chi connectivity index (χ0v) is 8.75. The molecule has 0 atom stereocenters. The van der Waals surface area contributed by atoms with Crippen molar-refractivity contribution in [3.63, 3.8) is 0 Å². The fourth-order valence-electron chi connectivity index (χ4n) is 0.500. The Bertz CT molecular complexity index is 315. The molecule has 0 spiro atoms. The molecule has 1 aromatic rings. The van der Waals surface area contributed by atoms with E-state index in [1.54, 1.807) is 6.07 Å². The van der Waals surface area contributed by atoms with Gasteiger partial charge in [0.05, 0.1) is 0 Å². The molecule has 0 aliphatic carbocycles. The van der Waals surface area contributed by atoms with Gasteiger partial charge < -0.3 is 1.43 Å². The molecule has 0 fully saturated rings. The third-order valence-electron chi connectivity index (χ3n) is 0.902. The predicted octanol–water partition coefficient (Wildman–Crippen LogP) is -2.56. The summed E-state index contributed by atoms with van der Waals surface area (Å²) in [7, 11) is -4.11. The van der Waals surface area contributed by atoms with Crippen LogP contribution in [-0.2, 0) is 10.1 Å². The first-order chi connectivity index (χ1) is 4.61. The Morgan fingerprint density at radius 3 is 2.36 bits per heavy atom. The van der Waals surface area contributed by atoms with Gasteiger partial charge in [-0.1, -0.05) is 6.07 Å². The molecule has 0 unspecified atom stereocenters. The Balaban J connectivity index is 0. The first-order valence-corrected chi connectivity index (χ1v) is 3.93. The molecule has 56 valence electrons. The van der Waals surface area contributed by atoms with Crippen molar-refractivity contribution in [1.29, 1.82) is 0 Å². The van der Waals surface area contributed by atoms with Gasteiger partial charge in [0, 0.05) is 6.20 Å². The van der Waals surface area contributed by atoms with Gasteiger partial charge in [0.15, 0.2) is 5.03 Å². The molecule has 1 heterocycles. The summed E-state index contributed by atoms with van der Waals surface area (Å²) in [5.74, 6) is 0. The normalized spacial score (nSPS) is 10.3. The molecule has 0 aliphatic rings. The van der Waals surface area contributed by atoms with Crippen molar-refractivity contribution in [3.8, 4) is 0 Å². The van der Waals surface area contributed by atoms with Gasteiger partial charge in [0.25, 0.3) is 0 Å². The molecule has 11 heavy (non-hydrogen) atoms. The van der Waals surface area contributed by atoms with Crippen molar-refractivity contribution in [2.24, 2.45) is 0 Å². The minimum absolute atomic E-state index is 0. The van der Waals surface area contributed by atoms with Gasteiger partial charge in [0.1, 0.15) is 0 Å². The smallest absolute Gasteiger partial charge is 1.00 e. The molecule has 0 saturated carbocycles.